The SMILES string of the molecule is Cc1nc(N2CCN(C)CC2)ncc1C(=O)NCCSc1cn[nH]n1. The number of piperazine rings is 1. The number of anilines is 1. The van der Waals surface area contributed by atoms with Crippen molar-refractivity contribution in [3.05, 3.63) is 23.7 Å². The first-order valence-electron chi connectivity index (χ1n) is 8.17. The molecule has 9 nitrogen and oxygen atoms in total. The fourth-order valence-electron chi connectivity index (χ4n) is 2.51. The van der Waals surface area contributed by atoms with Crippen LogP contribution in [0.15, 0.2) is 17.4 Å². The van der Waals surface area contributed by atoms with Gasteiger partial charge in [-0.1, -0.05) is 0 Å². The molecule has 3 heterocycles. The van der Waals surface area contributed by atoms with Gasteiger partial charge in [0.15, 0.2) is 0 Å². The lowest BCUT2D eigenvalue weighted by Crippen LogP contribution is -2.45. The summed E-state index contributed by atoms with van der Waals surface area (Å²) < 4.78 is 0. The summed E-state index contributed by atoms with van der Waals surface area (Å²) in [5.74, 6) is 1.27. The van der Waals surface area contributed by atoms with Gasteiger partial charge in [-0.2, -0.15) is 10.3 Å². The van der Waals surface area contributed by atoms with Crippen LogP contribution in [-0.4, -0.2) is 81.7 Å². The van der Waals surface area contributed by atoms with Crippen molar-refractivity contribution in [1.29, 1.82) is 0 Å². The number of likely N-dealkylation sites (N-methyl/N-ethyl adjacent to an activating group) is 1. The van der Waals surface area contributed by atoms with E-state index in [1.54, 1.807) is 12.4 Å². The number of thioether (sulfide) groups is 1. The monoisotopic (exact) mass is 362 g/mol. The van der Waals surface area contributed by atoms with E-state index >= 15 is 0 Å². The van der Waals surface area contributed by atoms with Gasteiger partial charge in [-0.3, -0.25) is 4.79 Å². The average Bonchev–Trinajstić information content (AvgIpc) is 3.12. The van der Waals surface area contributed by atoms with Crippen molar-refractivity contribution in [2.45, 2.75) is 11.9 Å². The van der Waals surface area contributed by atoms with Crippen LogP contribution in [0.2, 0.25) is 0 Å². The lowest BCUT2D eigenvalue weighted by molar-refractivity contribution is 0.0954. The van der Waals surface area contributed by atoms with Crippen molar-refractivity contribution in [2.75, 3.05) is 50.4 Å². The zero-order chi connectivity index (χ0) is 17.6. The van der Waals surface area contributed by atoms with E-state index in [0.717, 1.165) is 37.0 Å². The molecule has 3 rings (SSSR count). The number of H-pyrrole nitrogens is 1. The summed E-state index contributed by atoms with van der Waals surface area (Å²) >= 11 is 1.53. The lowest BCUT2D eigenvalue weighted by Gasteiger charge is -2.32. The Balaban J connectivity index is 1.52. The highest BCUT2D eigenvalue weighted by Crippen LogP contribution is 2.14. The Kier molecular flexibility index (Phi) is 5.82. The Morgan fingerprint density at radius 3 is 2.80 bits per heavy atom. The van der Waals surface area contributed by atoms with Gasteiger partial charge >= 0.3 is 0 Å². The van der Waals surface area contributed by atoms with E-state index in [-0.39, 0.29) is 5.91 Å². The van der Waals surface area contributed by atoms with Crippen molar-refractivity contribution < 1.29 is 4.79 Å². The molecule has 0 spiro atoms. The van der Waals surface area contributed by atoms with Crippen LogP contribution in [0.25, 0.3) is 0 Å². The second kappa shape index (κ2) is 8.26. The maximum absolute atomic E-state index is 12.3. The van der Waals surface area contributed by atoms with Crippen molar-refractivity contribution in [3.63, 3.8) is 0 Å². The molecule has 0 saturated carbocycles. The molecule has 0 unspecified atom stereocenters. The third-order valence-corrected chi connectivity index (χ3v) is 4.93. The number of hydrogen-bond donors (Lipinski definition) is 2. The first-order valence-corrected chi connectivity index (χ1v) is 9.16. The Labute approximate surface area is 150 Å². The molecule has 2 aromatic rings. The predicted molar refractivity (Wildman–Crippen MR) is 95.9 cm³/mol. The van der Waals surface area contributed by atoms with Crippen molar-refractivity contribution in [1.82, 2.24) is 35.6 Å². The number of nitrogens with one attached hydrogen (secondary N) is 2. The van der Waals surface area contributed by atoms with Gasteiger partial charge < -0.3 is 15.1 Å². The number of rotatable bonds is 6. The zero-order valence-corrected chi connectivity index (χ0v) is 15.2. The first-order chi connectivity index (χ1) is 12.1. The van der Waals surface area contributed by atoms with E-state index in [9.17, 15) is 4.79 Å². The van der Waals surface area contributed by atoms with Crippen molar-refractivity contribution in [3.8, 4) is 0 Å². The molecule has 10 heteroatoms. The largest absolute Gasteiger partial charge is 0.351 e. The highest BCUT2D eigenvalue weighted by atomic mass is 32.2. The van der Waals surface area contributed by atoms with E-state index in [2.05, 4.69) is 47.5 Å². The van der Waals surface area contributed by atoms with E-state index in [1.165, 1.54) is 11.8 Å². The fraction of sp³-hybridized carbons (Fsp3) is 0.533. The van der Waals surface area contributed by atoms with Crippen LogP contribution < -0.4 is 10.2 Å². The first kappa shape index (κ1) is 17.6. The molecule has 1 fully saturated rings. The number of carbonyl (C=O) groups is 1. The average molecular weight is 362 g/mol. The standard InChI is InChI=1S/C15H22N8OS/c1-11-12(14(24)16-3-8-25-13-10-18-21-20-13)9-17-15(19-11)23-6-4-22(2)5-7-23/h9-10H,3-8H2,1-2H3,(H,16,24)(H,18,20,21). The molecular weight excluding hydrogens is 340 g/mol. The molecular formula is C15H22N8OS. The molecule has 0 aliphatic carbocycles. The summed E-state index contributed by atoms with van der Waals surface area (Å²) in [4.78, 5) is 25.6. The Morgan fingerprint density at radius 2 is 2.12 bits per heavy atom. The van der Waals surface area contributed by atoms with Gasteiger partial charge in [0.2, 0.25) is 5.95 Å². The van der Waals surface area contributed by atoms with E-state index in [0.29, 0.717) is 23.8 Å². The van der Waals surface area contributed by atoms with Crippen LogP contribution in [0.5, 0.6) is 0 Å². The molecule has 0 bridgehead atoms. The maximum atomic E-state index is 12.3. The van der Waals surface area contributed by atoms with E-state index in [4.69, 9.17) is 0 Å². The van der Waals surface area contributed by atoms with Gasteiger partial charge in [0, 0.05) is 44.7 Å². The van der Waals surface area contributed by atoms with Gasteiger partial charge in [-0.25, -0.2) is 9.97 Å². The normalized spacial score (nSPS) is 15.4. The summed E-state index contributed by atoms with van der Waals surface area (Å²) in [6.07, 6.45) is 3.28. The number of aromatic nitrogens is 5. The number of aromatic amines is 1. The van der Waals surface area contributed by atoms with Crippen LogP contribution >= 0.6 is 11.8 Å². The van der Waals surface area contributed by atoms with Gasteiger partial charge in [0.25, 0.3) is 5.91 Å². The molecule has 134 valence electrons. The molecule has 2 N–H and O–H groups in total. The molecule has 2 aromatic heterocycles. The van der Waals surface area contributed by atoms with Gasteiger partial charge in [-0.15, -0.1) is 16.9 Å². The minimum absolute atomic E-state index is 0.150. The maximum Gasteiger partial charge on any atom is 0.254 e. The van der Waals surface area contributed by atoms with Crippen molar-refractivity contribution >= 4 is 23.6 Å². The smallest absolute Gasteiger partial charge is 0.254 e. The summed E-state index contributed by atoms with van der Waals surface area (Å²) in [6, 6.07) is 0. The third kappa shape index (κ3) is 4.67. The van der Waals surface area contributed by atoms with Crippen LogP contribution in [0.3, 0.4) is 0 Å². The Bertz CT molecular complexity index is 700. The van der Waals surface area contributed by atoms with Crippen LogP contribution in [-0.2, 0) is 0 Å². The molecule has 1 saturated heterocycles. The minimum Gasteiger partial charge on any atom is -0.351 e. The zero-order valence-electron chi connectivity index (χ0n) is 14.4. The number of nitrogens with zero attached hydrogens (tertiary/aromatic N) is 6. The minimum atomic E-state index is -0.150. The molecule has 0 radical (unpaired) electrons. The van der Waals surface area contributed by atoms with Gasteiger partial charge in [-0.05, 0) is 14.0 Å². The molecule has 1 aliphatic heterocycles. The van der Waals surface area contributed by atoms with Gasteiger partial charge in [0.05, 0.1) is 17.5 Å². The van der Waals surface area contributed by atoms with Gasteiger partial charge in [0.1, 0.15) is 5.03 Å². The van der Waals surface area contributed by atoms with Crippen LogP contribution in [0.1, 0.15) is 16.1 Å². The van der Waals surface area contributed by atoms with E-state index in [1.807, 2.05) is 6.92 Å². The molecule has 1 amide bonds. The van der Waals surface area contributed by atoms with E-state index < -0.39 is 0 Å². The second-order valence-corrected chi connectivity index (χ2v) is 6.99. The number of hydrogen-bond acceptors (Lipinski definition) is 8. The topological polar surface area (TPSA) is 103 Å². The van der Waals surface area contributed by atoms with Crippen LogP contribution in [0.4, 0.5) is 5.95 Å². The fourth-order valence-corrected chi connectivity index (χ4v) is 3.16. The lowest BCUT2D eigenvalue weighted by atomic mass is 10.2. The summed E-state index contributed by atoms with van der Waals surface area (Å²) in [7, 11) is 2.11. The Morgan fingerprint density at radius 1 is 1.32 bits per heavy atom. The van der Waals surface area contributed by atoms with Crippen LogP contribution in [0, 0.1) is 6.92 Å². The molecule has 1 aliphatic rings. The third-order valence-electron chi connectivity index (χ3n) is 4.03. The highest BCUT2D eigenvalue weighted by molar-refractivity contribution is 7.99. The highest BCUT2D eigenvalue weighted by Gasteiger charge is 2.18. The summed E-state index contributed by atoms with van der Waals surface area (Å²) in [6.45, 7) is 6.18. The summed E-state index contributed by atoms with van der Waals surface area (Å²) in [5.41, 5.74) is 1.22. The second-order valence-electron chi connectivity index (χ2n) is 5.87. The molecule has 0 aromatic carbocycles. The number of carbonyl (C=O) groups excluding carboxylic acids is 1. The summed E-state index contributed by atoms with van der Waals surface area (Å²) in [5, 5.41) is 13.9. The molecule has 0 atom stereocenters. The molecule has 25 heavy (non-hydrogen) atoms. The van der Waals surface area contributed by atoms with Crippen molar-refractivity contribution in [2.24, 2.45) is 0 Å². The number of amides is 1. The predicted octanol–water partition coefficient (Wildman–Crippen LogP) is 0.177. The number of aryl methyl sites for hydroxylation is 1. The quantitative estimate of drug-likeness (QED) is 0.554. The Hall–Kier alpha value is -2.20.